The van der Waals surface area contributed by atoms with E-state index in [0.29, 0.717) is 38.4 Å². The molecule has 0 aliphatic rings. The van der Waals surface area contributed by atoms with Crippen LogP contribution in [0.5, 0.6) is 17.2 Å². The number of hydrogen-bond acceptors (Lipinski definition) is 7. The Bertz CT molecular complexity index is 2090. The molecule has 6 aromatic rings. The summed E-state index contributed by atoms with van der Waals surface area (Å²) in [4.78, 5) is 36.7. The van der Waals surface area contributed by atoms with Gasteiger partial charge in [0.2, 0.25) is 0 Å². The summed E-state index contributed by atoms with van der Waals surface area (Å²) in [5.74, 6) is -0.829. The van der Waals surface area contributed by atoms with E-state index in [9.17, 15) is 14.0 Å². The number of thiazole rings is 1. The van der Waals surface area contributed by atoms with E-state index in [4.69, 9.17) is 14.5 Å². The van der Waals surface area contributed by atoms with Crippen LogP contribution in [0.15, 0.2) is 83.8 Å². The molecule has 1 amide bonds. The van der Waals surface area contributed by atoms with E-state index < -0.39 is 23.1 Å². The molecule has 0 radical (unpaired) electrons. The van der Waals surface area contributed by atoms with Gasteiger partial charge in [0.15, 0.2) is 11.6 Å². The predicted octanol–water partition coefficient (Wildman–Crippen LogP) is 7.84. The summed E-state index contributed by atoms with van der Waals surface area (Å²) in [5, 5.41) is 4.09. The van der Waals surface area contributed by atoms with Gasteiger partial charge in [-0.3, -0.25) is 19.1 Å². The number of halogens is 2. The molecule has 0 saturated heterocycles. The zero-order valence-corrected chi connectivity index (χ0v) is 24.7. The highest BCUT2D eigenvalue weighted by atomic mass is 32.1. The first kappa shape index (κ1) is 28.9. The van der Waals surface area contributed by atoms with Crippen molar-refractivity contribution in [3.05, 3.63) is 112 Å². The summed E-state index contributed by atoms with van der Waals surface area (Å²) in [5.41, 5.74) is 0.785. The lowest BCUT2D eigenvalue weighted by Gasteiger charge is -2.12. The van der Waals surface area contributed by atoms with Crippen LogP contribution in [0.3, 0.4) is 0 Å². The topological polar surface area (TPSA) is 95.3 Å². The Kier molecular flexibility index (Phi) is 7.79. The molecular formula is C33H26F2N4O4S. The number of rotatable bonds is 8. The molecular weight excluding hydrogens is 586 g/mol. The Hall–Kier alpha value is -5.16. The number of aromatic nitrogens is 3. The lowest BCUT2D eigenvalue weighted by molar-refractivity contribution is 0.102. The van der Waals surface area contributed by atoms with E-state index in [1.165, 1.54) is 58.4 Å². The third kappa shape index (κ3) is 5.49. The van der Waals surface area contributed by atoms with E-state index in [1.807, 2.05) is 13.8 Å². The summed E-state index contributed by atoms with van der Waals surface area (Å²) >= 11 is 1.35. The standard InChI is InChI=1S/C33H26F2N4O4S/c1-4-18(2)31-38-27-17-24(32(41)39(33(27)44-31)21-8-5-19(34)6-9-21)30(40)37-20-7-12-29(25(35)15-20)43-28-13-14-36-26-16-22(42-3)10-11-23(26)28/h5-18H,4H2,1-3H3,(H,37,40). The number of pyridine rings is 2. The van der Waals surface area contributed by atoms with Gasteiger partial charge in [0.1, 0.15) is 27.7 Å². The summed E-state index contributed by atoms with van der Waals surface area (Å²) in [6, 6.07) is 17.7. The van der Waals surface area contributed by atoms with Crippen molar-refractivity contribution in [2.45, 2.75) is 26.2 Å². The normalized spacial score (nSPS) is 11.9. The molecule has 0 spiro atoms. The van der Waals surface area contributed by atoms with E-state index in [0.717, 1.165) is 17.5 Å². The zero-order valence-electron chi connectivity index (χ0n) is 23.9. The molecule has 0 bridgehead atoms. The molecule has 0 fully saturated rings. The van der Waals surface area contributed by atoms with Gasteiger partial charge >= 0.3 is 0 Å². The average Bonchev–Trinajstić information content (AvgIpc) is 3.46. The lowest BCUT2D eigenvalue weighted by Crippen LogP contribution is -2.28. The Morgan fingerprint density at radius 3 is 2.52 bits per heavy atom. The molecule has 1 unspecified atom stereocenters. The van der Waals surface area contributed by atoms with E-state index in [1.54, 1.807) is 37.6 Å². The fraction of sp³-hybridized carbons (Fsp3) is 0.152. The van der Waals surface area contributed by atoms with Crippen molar-refractivity contribution in [1.29, 1.82) is 0 Å². The number of methoxy groups -OCH3 is 1. The largest absolute Gasteiger partial charge is 0.497 e. The fourth-order valence-corrected chi connectivity index (χ4v) is 5.87. The molecule has 8 nitrogen and oxygen atoms in total. The maximum absolute atomic E-state index is 15.2. The van der Waals surface area contributed by atoms with E-state index in [-0.39, 0.29) is 22.9 Å². The second-order valence-corrected chi connectivity index (χ2v) is 11.1. The van der Waals surface area contributed by atoms with Gasteiger partial charge in [-0.05, 0) is 67.1 Å². The van der Waals surface area contributed by atoms with Crippen molar-refractivity contribution in [1.82, 2.24) is 14.5 Å². The van der Waals surface area contributed by atoms with Gasteiger partial charge < -0.3 is 14.8 Å². The second kappa shape index (κ2) is 11.8. The molecule has 0 aliphatic heterocycles. The van der Waals surface area contributed by atoms with Crippen molar-refractivity contribution in [3.63, 3.8) is 0 Å². The van der Waals surface area contributed by atoms with Gasteiger partial charge in [-0.2, -0.15) is 0 Å². The minimum Gasteiger partial charge on any atom is -0.497 e. The molecule has 44 heavy (non-hydrogen) atoms. The molecule has 3 aromatic heterocycles. The van der Waals surface area contributed by atoms with Crippen LogP contribution in [0.4, 0.5) is 14.5 Å². The van der Waals surface area contributed by atoms with Gasteiger partial charge in [0.25, 0.3) is 11.5 Å². The van der Waals surface area contributed by atoms with E-state index in [2.05, 4.69) is 10.3 Å². The molecule has 1 atom stereocenters. The van der Waals surface area contributed by atoms with Crippen LogP contribution < -0.4 is 20.3 Å². The molecule has 0 saturated carbocycles. The molecule has 3 aromatic carbocycles. The van der Waals surface area contributed by atoms with Crippen LogP contribution in [0.2, 0.25) is 0 Å². The van der Waals surface area contributed by atoms with Crippen LogP contribution in [0, 0.1) is 11.6 Å². The quantitative estimate of drug-likeness (QED) is 0.188. The Labute approximate surface area is 254 Å². The number of benzene rings is 3. The van der Waals surface area contributed by atoms with Crippen LogP contribution in [-0.4, -0.2) is 27.6 Å². The average molecular weight is 613 g/mol. The van der Waals surface area contributed by atoms with Crippen molar-refractivity contribution in [2.24, 2.45) is 0 Å². The lowest BCUT2D eigenvalue weighted by atomic mass is 10.1. The van der Waals surface area contributed by atoms with Crippen LogP contribution in [0.25, 0.3) is 26.9 Å². The number of fused-ring (bicyclic) bond motifs is 2. The zero-order chi connectivity index (χ0) is 31.0. The Morgan fingerprint density at radius 2 is 1.80 bits per heavy atom. The van der Waals surface area contributed by atoms with Crippen molar-refractivity contribution in [3.8, 4) is 22.9 Å². The molecule has 6 rings (SSSR count). The molecule has 222 valence electrons. The number of carbonyl (C=O) groups is 1. The third-order valence-corrected chi connectivity index (χ3v) is 8.54. The minimum absolute atomic E-state index is 0.0635. The predicted molar refractivity (Wildman–Crippen MR) is 167 cm³/mol. The highest BCUT2D eigenvalue weighted by Gasteiger charge is 2.22. The van der Waals surface area contributed by atoms with Crippen molar-refractivity contribution >= 4 is 44.2 Å². The summed E-state index contributed by atoms with van der Waals surface area (Å²) in [6.45, 7) is 4.07. The first-order valence-corrected chi connectivity index (χ1v) is 14.6. The molecule has 3 heterocycles. The van der Waals surface area contributed by atoms with Gasteiger partial charge in [0, 0.05) is 35.3 Å². The molecule has 0 aliphatic carbocycles. The molecule has 1 N–H and O–H groups in total. The summed E-state index contributed by atoms with van der Waals surface area (Å²) in [6.07, 6.45) is 2.39. The second-order valence-electron chi connectivity index (χ2n) is 10.1. The maximum Gasteiger partial charge on any atom is 0.269 e. The van der Waals surface area contributed by atoms with Crippen LogP contribution in [0.1, 0.15) is 41.6 Å². The summed E-state index contributed by atoms with van der Waals surface area (Å²) in [7, 11) is 1.56. The highest BCUT2D eigenvalue weighted by Crippen LogP contribution is 2.33. The van der Waals surface area contributed by atoms with Gasteiger partial charge in [-0.1, -0.05) is 25.2 Å². The molecule has 11 heteroatoms. The fourth-order valence-electron chi connectivity index (χ4n) is 4.67. The number of amides is 1. The maximum atomic E-state index is 15.2. The number of nitrogens with zero attached hydrogens (tertiary/aromatic N) is 3. The first-order chi connectivity index (χ1) is 21.2. The summed E-state index contributed by atoms with van der Waals surface area (Å²) < 4.78 is 41.4. The highest BCUT2D eigenvalue weighted by molar-refractivity contribution is 7.18. The smallest absolute Gasteiger partial charge is 0.269 e. The Balaban J connectivity index is 1.32. The number of nitrogens with one attached hydrogen (secondary N) is 1. The number of anilines is 1. The van der Waals surface area contributed by atoms with Gasteiger partial charge in [-0.15, -0.1) is 0 Å². The Morgan fingerprint density at radius 1 is 1.00 bits per heavy atom. The van der Waals surface area contributed by atoms with Crippen LogP contribution in [-0.2, 0) is 0 Å². The van der Waals surface area contributed by atoms with Gasteiger partial charge in [-0.25, -0.2) is 13.8 Å². The van der Waals surface area contributed by atoms with E-state index >= 15 is 4.39 Å². The first-order valence-electron chi connectivity index (χ1n) is 13.8. The van der Waals surface area contributed by atoms with Crippen LogP contribution >= 0.6 is 11.3 Å². The minimum atomic E-state index is -0.743. The van der Waals surface area contributed by atoms with Crippen molar-refractivity contribution in [2.75, 3.05) is 12.4 Å². The number of carbonyl (C=O) groups excluding carboxylic acids is 1. The van der Waals surface area contributed by atoms with Crippen molar-refractivity contribution < 1.29 is 23.0 Å². The number of hydrogen-bond donors (Lipinski definition) is 1. The SMILES string of the molecule is CCC(C)c1nc2cc(C(=O)Nc3ccc(Oc4ccnc5cc(OC)ccc45)c(F)c3)c(=O)n(-c3ccc(F)cc3)c2s1. The third-order valence-electron chi connectivity index (χ3n) is 7.25. The monoisotopic (exact) mass is 612 g/mol. The van der Waals surface area contributed by atoms with Gasteiger partial charge in [0.05, 0.1) is 28.8 Å². The number of ether oxygens (including phenoxy) is 2.